The molecule has 1 heteroatoms. The number of hydrogen-bond acceptors (Lipinski definition) is 0. The summed E-state index contributed by atoms with van der Waals surface area (Å²) in [6.45, 7) is 11.8. The molecule has 0 aliphatic carbocycles. The second-order valence-electron chi connectivity index (χ2n) is 4.75. The summed E-state index contributed by atoms with van der Waals surface area (Å²) in [6, 6.07) is 10.4. The molecule has 0 atom stereocenters. The lowest BCUT2D eigenvalue weighted by molar-refractivity contribution is 0.974. The third-order valence-corrected chi connectivity index (χ3v) is 3.50. The summed E-state index contributed by atoms with van der Waals surface area (Å²) < 4.78 is 2.28. The van der Waals surface area contributed by atoms with Crippen molar-refractivity contribution in [1.29, 1.82) is 0 Å². The molecule has 0 saturated carbocycles. The summed E-state index contributed by atoms with van der Waals surface area (Å²) in [6.07, 6.45) is 11.9. The maximum atomic E-state index is 3.84. The van der Waals surface area contributed by atoms with Gasteiger partial charge < -0.3 is 4.57 Å². The number of allylic oxidation sites excluding steroid dienone is 3. The van der Waals surface area contributed by atoms with Gasteiger partial charge in [-0.3, -0.25) is 0 Å². The predicted molar refractivity (Wildman–Crippen MR) is 93.8 cm³/mol. The van der Waals surface area contributed by atoms with Crippen molar-refractivity contribution in [3.05, 3.63) is 83.5 Å². The van der Waals surface area contributed by atoms with Crippen molar-refractivity contribution in [1.82, 2.24) is 4.57 Å². The van der Waals surface area contributed by atoms with Gasteiger partial charge in [0.2, 0.25) is 0 Å². The van der Waals surface area contributed by atoms with Crippen LogP contribution in [0.2, 0.25) is 0 Å². The summed E-state index contributed by atoms with van der Waals surface area (Å²) in [5.41, 5.74) is 3.58. The normalized spacial score (nSPS) is 13.0. The average molecular weight is 275 g/mol. The first-order valence-electron chi connectivity index (χ1n) is 7.09. The van der Waals surface area contributed by atoms with Crippen LogP contribution in [0.3, 0.4) is 0 Å². The monoisotopic (exact) mass is 275 g/mol. The van der Waals surface area contributed by atoms with Gasteiger partial charge in [0.25, 0.3) is 0 Å². The van der Waals surface area contributed by atoms with Crippen molar-refractivity contribution in [2.45, 2.75) is 13.8 Å². The molecule has 0 N–H and O–H groups in total. The summed E-state index contributed by atoms with van der Waals surface area (Å²) in [5.74, 6) is 0. The third-order valence-electron chi connectivity index (χ3n) is 3.50. The van der Waals surface area contributed by atoms with Gasteiger partial charge in [-0.25, -0.2) is 0 Å². The highest BCUT2D eigenvalue weighted by molar-refractivity contribution is 5.60. The van der Waals surface area contributed by atoms with E-state index < -0.39 is 0 Å². The summed E-state index contributed by atoms with van der Waals surface area (Å²) in [7, 11) is 0. The van der Waals surface area contributed by atoms with Gasteiger partial charge in [0.1, 0.15) is 0 Å². The van der Waals surface area contributed by atoms with Crippen molar-refractivity contribution in [2.24, 2.45) is 0 Å². The van der Waals surface area contributed by atoms with Crippen LogP contribution < -0.4 is 10.6 Å². The topological polar surface area (TPSA) is 4.93 Å². The van der Waals surface area contributed by atoms with Crippen molar-refractivity contribution in [2.75, 3.05) is 0 Å². The van der Waals surface area contributed by atoms with Crippen molar-refractivity contribution < 1.29 is 0 Å². The Labute approximate surface area is 126 Å². The van der Waals surface area contributed by atoms with Crippen molar-refractivity contribution in [3.8, 4) is 5.69 Å². The van der Waals surface area contributed by atoms with Gasteiger partial charge in [0.15, 0.2) is 0 Å². The smallest absolute Gasteiger partial charge is 0.0494 e. The second-order valence-corrected chi connectivity index (χ2v) is 4.75. The standard InChI is InChI=1S/C20H21N/c1-5-8-15-18-16(4)21(17-13-10-9-11-14-17)20(7-3)19(18)12-6-2/h5-15H,1-2H2,3-4H3/b15-8-,19-12-,20-7+. The molecule has 2 aromatic rings. The number of nitrogens with zero attached hydrogens (tertiary/aromatic N) is 1. The molecule has 0 saturated heterocycles. The van der Waals surface area contributed by atoms with Gasteiger partial charge >= 0.3 is 0 Å². The molecule has 0 amide bonds. The minimum Gasteiger partial charge on any atom is -0.314 e. The quantitative estimate of drug-likeness (QED) is 0.749. The maximum Gasteiger partial charge on any atom is 0.0494 e. The summed E-state index contributed by atoms with van der Waals surface area (Å²) in [5, 5.41) is 2.37. The molecule has 0 fully saturated rings. The largest absolute Gasteiger partial charge is 0.314 e. The maximum absolute atomic E-state index is 3.84. The van der Waals surface area contributed by atoms with Gasteiger partial charge in [-0.1, -0.05) is 67.8 Å². The molecule has 1 heterocycles. The molecule has 106 valence electrons. The van der Waals surface area contributed by atoms with Crippen LogP contribution in [0.15, 0.2) is 61.7 Å². The lowest BCUT2D eigenvalue weighted by Gasteiger charge is -2.07. The van der Waals surface area contributed by atoms with E-state index in [-0.39, 0.29) is 0 Å². The predicted octanol–water partition coefficient (Wildman–Crippen LogP) is 3.75. The fourth-order valence-electron chi connectivity index (χ4n) is 2.62. The Hall–Kier alpha value is -2.54. The molecule has 1 nitrogen and oxygen atoms in total. The van der Waals surface area contributed by atoms with Gasteiger partial charge in [0.05, 0.1) is 0 Å². The van der Waals surface area contributed by atoms with E-state index in [2.05, 4.69) is 74.1 Å². The lowest BCUT2D eigenvalue weighted by Crippen LogP contribution is -2.28. The zero-order valence-corrected chi connectivity index (χ0v) is 12.7. The highest BCUT2D eigenvalue weighted by Crippen LogP contribution is 2.11. The molecule has 0 bridgehead atoms. The molecule has 0 unspecified atom stereocenters. The van der Waals surface area contributed by atoms with E-state index in [4.69, 9.17) is 0 Å². The second kappa shape index (κ2) is 6.76. The van der Waals surface area contributed by atoms with Crippen LogP contribution in [0.5, 0.6) is 0 Å². The average Bonchev–Trinajstić information content (AvgIpc) is 2.78. The van der Waals surface area contributed by atoms with Crippen LogP contribution in [0.1, 0.15) is 18.2 Å². The van der Waals surface area contributed by atoms with E-state index in [0.717, 1.165) is 0 Å². The first-order chi connectivity index (χ1) is 10.2. The molecule has 21 heavy (non-hydrogen) atoms. The third kappa shape index (κ3) is 2.82. The highest BCUT2D eigenvalue weighted by Gasteiger charge is 2.09. The molecule has 2 rings (SSSR count). The zero-order valence-electron chi connectivity index (χ0n) is 12.7. The highest BCUT2D eigenvalue weighted by atomic mass is 15.0. The minimum atomic E-state index is 1.17. The number of rotatable bonds is 4. The Morgan fingerprint density at radius 3 is 2.33 bits per heavy atom. The van der Waals surface area contributed by atoms with Gasteiger partial charge in [-0.2, -0.15) is 0 Å². The number of aromatic nitrogens is 1. The first kappa shape index (κ1) is 14.9. The Morgan fingerprint density at radius 1 is 1.05 bits per heavy atom. The molecule has 0 radical (unpaired) electrons. The first-order valence-corrected chi connectivity index (χ1v) is 7.09. The van der Waals surface area contributed by atoms with Gasteiger partial charge in [-0.15, -0.1) is 0 Å². The Bertz CT molecular complexity index is 787. The van der Waals surface area contributed by atoms with E-state index in [1.165, 1.54) is 27.5 Å². The summed E-state index contributed by atoms with van der Waals surface area (Å²) >= 11 is 0. The molecular weight excluding hydrogens is 254 g/mol. The van der Waals surface area contributed by atoms with Crippen molar-refractivity contribution in [3.63, 3.8) is 0 Å². The fraction of sp³-hybridized carbons (Fsp3) is 0.100. The molecule has 0 spiro atoms. The van der Waals surface area contributed by atoms with Crippen molar-refractivity contribution >= 4 is 18.2 Å². The van der Waals surface area contributed by atoms with E-state index >= 15 is 0 Å². The fourth-order valence-corrected chi connectivity index (χ4v) is 2.62. The molecule has 0 aliphatic heterocycles. The Balaban J connectivity index is 2.91. The number of hydrogen-bond donors (Lipinski definition) is 0. The summed E-state index contributed by atoms with van der Waals surface area (Å²) in [4.78, 5) is 0. The van der Waals surface area contributed by atoms with Gasteiger partial charge in [-0.05, 0) is 26.0 Å². The van der Waals surface area contributed by atoms with Crippen LogP contribution in [0.25, 0.3) is 23.9 Å². The SMILES string of the molecule is C=C/C=C\c1c(C)n(-c2ccccc2)c(=C/C)/c1=C\C=C. The van der Waals surface area contributed by atoms with E-state index in [9.17, 15) is 0 Å². The Kier molecular flexibility index (Phi) is 4.78. The number of benzene rings is 1. The van der Waals surface area contributed by atoms with Crippen LogP contribution in [0, 0.1) is 6.92 Å². The van der Waals surface area contributed by atoms with Crippen LogP contribution in [-0.4, -0.2) is 4.57 Å². The molecule has 1 aromatic carbocycles. The van der Waals surface area contributed by atoms with Crippen LogP contribution in [0.4, 0.5) is 0 Å². The Morgan fingerprint density at radius 2 is 1.76 bits per heavy atom. The molecular formula is C20H21N. The van der Waals surface area contributed by atoms with Crippen LogP contribution >= 0.6 is 0 Å². The zero-order chi connectivity index (χ0) is 15.2. The van der Waals surface area contributed by atoms with E-state index in [1.807, 2.05) is 18.2 Å². The molecule has 1 aromatic heterocycles. The van der Waals surface area contributed by atoms with Gasteiger partial charge in [0, 0.05) is 27.5 Å². The lowest BCUT2D eigenvalue weighted by atomic mass is 10.1. The minimum absolute atomic E-state index is 1.17. The number of para-hydroxylation sites is 1. The molecule has 0 aliphatic rings. The van der Waals surface area contributed by atoms with Crippen LogP contribution in [-0.2, 0) is 0 Å². The van der Waals surface area contributed by atoms with E-state index in [1.54, 1.807) is 6.08 Å². The van der Waals surface area contributed by atoms with E-state index in [0.29, 0.717) is 0 Å².